The van der Waals surface area contributed by atoms with Crippen LogP contribution >= 0.6 is 0 Å². The fraction of sp³-hybridized carbons (Fsp3) is 0.317. The third-order valence-corrected chi connectivity index (χ3v) is 9.67. The molecule has 0 unspecified atom stereocenters. The van der Waals surface area contributed by atoms with E-state index in [1.54, 1.807) is 12.1 Å². The van der Waals surface area contributed by atoms with Crippen LogP contribution in [0.1, 0.15) is 73.3 Å². The smallest absolute Gasteiger partial charge is 0.153 e. The molecule has 2 heterocycles. The predicted molar refractivity (Wildman–Crippen MR) is 187 cm³/mol. The minimum atomic E-state index is -0.150. The summed E-state index contributed by atoms with van der Waals surface area (Å²) in [5, 5.41) is 0. The van der Waals surface area contributed by atoms with Crippen LogP contribution in [0.5, 0.6) is 11.5 Å². The number of piperidine rings is 1. The Morgan fingerprint density at radius 1 is 0.826 bits per heavy atom. The summed E-state index contributed by atoms with van der Waals surface area (Å²) in [4.78, 5) is 18.4. The number of unbranched alkanes of at least 4 members (excludes halogenated alkanes) is 1. The van der Waals surface area contributed by atoms with Crippen molar-refractivity contribution >= 4 is 6.29 Å². The molecule has 0 saturated carbocycles. The van der Waals surface area contributed by atoms with E-state index in [0.717, 1.165) is 30.9 Å². The monoisotopic (exact) mass is 611 g/mol. The van der Waals surface area contributed by atoms with Gasteiger partial charge in [-0.2, -0.15) is 0 Å². The van der Waals surface area contributed by atoms with Crippen molar-refractivity contribution in [3.63, 3.8) is 0 Å². The highest BCUT2D eigenvalue weighted by Crippen LogP contribution is 2.54. The average molecular weight is 612 g/mol. The van der Waals surface area contributed by atoms with Crippen molar-refractivity contribution in [3.05, 3.63) is 138 Å². The highest BCUT2D eigenvalue weighted by Gasteiger charge is 2.46. The number of nitrogens with zero attached hydrogens (tertiary/aromatic N) is 3. The molecule has 4 aromatic carbocycles. The first-order valence-electron chi connectivity index (χ1n) is 16.8. The number of aromatic nitrogens is 2. The Morgan fingerprint density at radius 3 is 2.13 bits per heavy atom. The number of rotatable bonds is 10. The highest BCUT2D eigenvalue weighted by atomic mass is 16.5. The molecular formula is C41H45N3O2. The number of aryl methyl sites for hydroxylation is 1. The molecule has 5 nitrogen and oxygen atoms in total. The van der Waals surface area contributed by atoms with Gasteiger partial charge >= 0.3 is 0 Å². The number of hydrogen-bond donors (Lipinski definition) is 0. The molecule has 0 radical (unpaired) electrons. The first kappa shape index (κ1) is 31.5. The molecule has 5 aromatic rings. The zero-order chi connectivity index (χ0) is 31.8. The van der Waals surface area contributed by atoms with E-state index in [0.29, 0.717) is 11.3 Å². The third kappa shape index (κ3) is 6.56. The fourth-order valence-electron chi connectivity index (χ4n) is 7.18. The topological polar surface area (TPSA) is 47.4 Å². The van der Waals surface area contributed by atoms with Crippen molar-refractivity contribution in [2.24, 2.45) is 5.92 Å². The van der Waals surface area contributed by atoms with Gasteiger partial charge < -0.3 is 14.2 Å². The molecule has 1 aromatic heterocycles. The molecule has 1 aliphatic heterocycles. The van der Waals surface area contributed by atoms with E-state index in [2.05, 4.69) is 78.0 Å². The van der Waals surface area contributed by atoms with Crippen LogP contribution in [0, 0.1) is 5.92 Å². The summed E-state index contributed by atoms with van der Waals surface area (Å²) in [7, 11) is 0. The predicted octanol–water partition coefficient (Wildman–Crippen LogP) is 9.41. The number of ether oxygens (including phenoxy) is 1. The lowest BCUT2D eigenvalue weighted by atomic mass is 9.73. The first-order valence-corrected chi connectivity index (χ1v) is 16.8. The lowest BCUT2D eigenvalue weighted by molar-refractivity contribution is 0.112. The Morgan fingerprint density at radius 2 is 1.46 bits per heavy atom. The van der Waals surface area contributed by atoms with Gasteiger partial charge in [-0.05, 0) is 105 Å². The molecule has 236 valence electrons. The van der Waals surface area contributed by atoms with Gasteiger partial charge in [-0.3, -0.25) is 4.79 Å². The number of carbonyl (C=O) groups excluding carboxylic acids is 1. The van der Waals surface area contributed by atoms with Crippen molar-refractivity contribution in [1.82, 2.24) is 14.5 Å². The number of hydrogen-bond acceptors (Lipinski definition) is 4. The average Bonchev–Trinajstić information content (AvgIpc) is 3.70. The highest BCUT2D eigenvalue weighted by molar-refractivity contribution is 5.82. The molecule has 5 heteroatoms. The molecule has 1 saturated heterocycles. The number of benzene rings is 4. The van der Waals surface area contributed by atoms with Crippen LogP contribution in [0.25, 0.3) is 11.1 Å². The Labute approximate surface area is 273 Å². The van der Waals surface area contributed by atoms with E-state index in [1.807, 2.05) is 48.7 Å². The lowest BCUT2D eigenvalue weighted by Crippen LogP contribution is -2.34. The Kier molecular flexibility index (Phi) is 10.1. The first-order chi connectivity index (χ1) is 22.6. The van der Waals surface area contributed by atoms with E-state index in [4.69, 9.17) is 9.72 Å². The fourth-order valence-corrected chi connectivity index (χ4v) is 7.18. The van der Waals surface area contributed by atoms with Crippen LogP contribution in [0.15, 0.2) is 116 Å². The van der Waals surface area contributed by atoms with Gasteiger partial charge in [0, 0.05) is 18.9 Å². The van der Waals surface area contributed by atoms with E-state index in [-0.39, 0.29) is 5.41 Å². The van der Waals surface area contributed by atoms with Gasteiger partial charge in [0.25, 0.3) is 0 Å². The largest absolute Gasteiger partial charge is 0.457 e. The van der Waals surface area contributed by atoms with E-state index >= 15 is 0 Å². The van der Waals surface area contributed by atoms with Crippen molar-refractivity contribution in [2.45, 2.75) is 57.9 Å². The number of fused-ring (bicyclic) bond motifs is 3. The van der Waals surface area contributed by atoms with Crippen molar-refractivity contribution in [2.75, 3.05) is 19.6 Å². The number of likely N-dealkylation sites (tertiary alicyclic amines) is 1. The Bertz CT molecular complexity index is 1670. The molecule has 0 N–H and O–H groups in total. The van der Waals surface area contributed by atoms with Crippen molar-refractivity contribution in [3.8, 4) is 22.6 Å². The molecule has 0 atom stereocenters. The maximum atomic E-state index is 10.7. The van der Waals surface area contributed by atoms with E-state index in [9.17, 15) is 4.79 Å². The SMILES string of the molecule is CCn1ccnc1C1(CCCCN2CCC(C)CC2)c2ccccc2-c2ccccc21.O=Cc1ccccc1Oc1ccccc1. The minimum Gasteiger partial charge on any atom is -0.457 e. The maximum Gasteiger partial charge on any atom is 0.153 e. The number of carbonyl (C=O) groups is 1. The van der Waals surface area contributed by atoms with Gasteiger partial charge in [0.05, 0.1) is 11.0 Å². The molecular weight excluding hydrogens is 566 g/mol. The van der Waals surface area contributed by atoms with E-state index in [1.165, 1.54) is 73.4 Å². The summed E-state index contributed by atoms with van der Waals surface area (Å²) >= 11 is 0. The third-order valence-electron chi connectivity index (χ3n) is 9.67. The quantitative estimate of drug-likeness (QED) is 0.117. The van der Waals surface area contributed by atoms with Crippen LogP contribution < -0.4 is 4.74 Å². The van der Waals surface area contributed by atoms with Gasteiger partial charge in [0.2, 0.25) is 0 Å². The van der Waals surface area contributed by atoms with Crippen LogP contribution in [0.4, 0.5) is 0 Å². The molecule has 46 heavy (non-hydrogen) atoms. The number of imidazole rings is 1. The van der Waals surface area contributed by atoms with Gasteiger partial charge in [-0.1, -0.05) is 92.2 Å². The van der Waals surface area contributed by atoms with Crippen LogP contribution in [-0.2, 0) is 12.0 Å². The maximum absolute atomic E-state index is 10.7. The second-order valence-corrected chi connectivity index (χ2v) is 12.6. The summed E-state index contributed by atoms with van der Waals surface area (Å²) in [6.07, 6.45) is 11.2. The standard InChI is InChI=1S/C28H35N3.C13H10O2/c1-3-31-21-17-29-27(31)28(16-8-9-18-30-19-14-22(2)15-20-30)25-12-6-4-10-23(25)24-11-5-7-13-26(24)28;14-10-11-6-4-5-9-13(11)15-12-7-2-1-3-8-12/h4-7,10-13,17,21-22H,3,8-9,14-16,18-20H2,1-2H3;1-10H. The van der Waals surface area contributed by atoms with Crippen molar-refractivity contribution < 1.29 is 9.53 Å². The summed E-state index contributed by atoms with van der Waals surface area (Å²) < 4.78 is 7.92. The second-order valence-electron chi connectivity index (χ2n) is 12.6. The van der Waals surface area contributed by atoms with Crippen LogP contribution in [0.2, 0.25) is 0 Å². The summed E-state index contributed by atoms with van der Waals surface area (Å²) in [5.74, 6) is 3.42. The second kappa shape index (κ2) is 14.7. The Hall–Kier alpha value is -4.48. The molecule has 1 aliphatic carbocycles. The van der Waals surface area contributed by atoms with E-state index < -0.39 is 0 Å². The minimum absolute atomic E-state index is 0.150. The zero-order valence-electron chi connectivity index (χ0n) is 27.1. The molecule has 7 rings (SSSR count). The van der Waals surface area contributed by atoms with Crippen LogP contribution in [0.3, 0.4) is 0 Å². The van der Waals surface area contributed by atoms with Gasteiger partial charge in [0.15, 0.2) is 6.29 Å². The van der Waals surface area contributed by atoms with Crippen LogP contribution in [-0.4, -0.2) is 40.4 Å². The molecule has 1 fully saturated rings. The van der Waals surface area contributed by atoms with Gasteiger partial charge in [0.1, 0.15) is 17.3 Å². The zero-order valence-corrected chi connectivity index (χ0v) is 27.1. The Balaban J connectivity index is 0.000000208. The number of aldehydes is 1. The summed E-state index contributed by atoms with van der Waals surface area (Å²) in [6.45, 7) is 9.35. The lowest BCUT2D eigenvalue weighted by Gasteiger charge is -2.33. The summed E-state index contributed by atoms with van der Waals surface area (Å²) in [5.41, 5.74) is 6.04. The normalized spacial score (nSPS) is 15.3. The molecule has 2 aliphatic rings. The molecule has 0 spiro atoms. The van der Waals surface area contributed by atoms with Gasteiger partial charge in [-0.25, -0.2) is 4.98 Å². The van der Waals surface area contributed by atoms with Crippen molar-refractivity contribution in [1.29, 1.82) is 0 Å². The molecule has 0 amide bonds. The molecule has 0 bridgehead atoms. The number of para-hydroxylation sites is 2. The summed E-state index contributed by atoms with van der Waals surface area (Å²) in [6, 6.07) is 34.6. The van der Waals surface area contributed by atoms with Gasteiger partial charge in [-0.15, -0.1) is 0 Å².